The second-order valence-corrected chi connectivity index (χ2v) is 12.8. The monoisotopic (exact) mass is 622 g/mol. The van der Waals surface area contributed by atoms with E-state index >= 15 is 0 Å². The number of benzene rings is 9. The Bertz CT molecular complexity index is 2810. The summed E-state index contributed by atoms with van der Waals surface area (Å²) in [6.07, 6.45) is 0. The van der Waals surface area contributed by atoms with Crippen LogP contribution in [-0.2, 0) is 0 Å². The fourth-order valence-corrected chi connectivity index (χ4v) is 7.80. The largest absolute Gasteiger partial charge is 0.456 e. The molecule has 10 aromatic rings. The van der Waals surface area contributed by atoms with Crippen LogP contribution in [0.4, 0.5) is 0 Å². The van der Waals surface area contributed by atoms with Crippen LogP contribution in [0.1, 0.15) is 0 Å². The van der Waals surface area contributed by atoms with Crippen molar-refractivity contribution in [3.8, 4) is 44.5 Å². The van der Waals surface area contributed by atoms with Gasteiger partial charge in [-0.1, -0.05) is 158 Å². The fourth-order valence-electron chi connectivity index (χ4n) is 7.80. The van der Waals surface area contributed by atoms with Crippen molar-refractivity contribution in [1.82, 2.24) is 0 Å². The standard InChI is InChI=1S/C48H30O/c1-2-15-37-31(11-1)12-10-21-38(37)32-23-25-33(26-24-32)47-40-17-3-5-19-42(40)48(43-20-6-4-18-41(43)47)36-14-9-13-34(29-36)35-27-28-46-44(30-35)39-16-7-8-22-45(39)49-46/h1-30H. The van der Waals surface area contributed by atoms with Crippen molar-refractivity contribution in [2.75, 3.05) is 0 Å². The van der Waals surface area contributed by atoms with Gasteiger partial charge >= 0.3 is 0 Å². The molecule has 0 aliphatic carbocycles. The van der Waals surface area contributed by atoms with E-state index in [1.54, 1.807) is 0 Å². The summed E-state index contributed by atoms with van der Waals surface area (Å²) >= 11 is 0. The van der Waals surface area contributed by atoms with Crippen LogP contribution in [0.25, 0.3) is 98.8 Å². The zero-order valence-electron chi connectivity index (χ0n) is 26.7. The first-order valence-electron chi connectivity index (χ1n) is 16.8. The molecule has 0 radical (unpaired) electrons. The lowest BCUT2D eigenvalue weighted by Gasteiger charge is -2.18. The number of furan rings is 1. The number of fused-ring (bicyclic) bond motifs is 6. The van der Waals surface area contributed by atoms with E-state index in [1.165, 1.54) is 76.8 Å². The van der Waals surface area contributed by atoms with Gasteiger partial charge in [0.1, 0.15) is 11.2 Å². The van der Waals surface area contributed by atoms with E-state index in [9.17, 15) is 0 Å². The highest BCUT2D eigenvalue weighted by Crippen LogP contribution is 2.45. The molecule has 10 rings (SSSR count). The number of hydrogen-bond acceptors (Lipinski definition) is 1. The average molecular weight is 623 g/mol. The minimum Gasteiger partial charge on any atom is -0.456 e. The molecule has 1 nitrogen and oxygen atoms in total. The van der Waals surface area contributed by atoms with E-state index in [2.05, 4.69) is 170 Å². The number of para-hydroxylation sites is 1. The predicted octanol–water partition coefficient (Wildman–Crippen LogP) is 13.7. The van der Waals surface area contributed by atoms with Crippen molar-refractivity contribution in [3.63, 3.8) is 0 Å². The van der Waals surface area contributed by atoms with Gasteiger partial charge < -0.3 is 4.42 Å². The third kappa shape index (κ3) is 4.47. The van der Waals surface area contributed by atoms with Gasteiger partial charge in [0.2, 0.25) is 0 Å². The number of rotatable bonds is 4. The maximum absolute atomic E-state index is 6.13. The van der Waals surface area contributed by atoms with Crippen LogP contribution in [0.2, 0.25) is 0 Å². The van der Waals surface area contributed by atoms with E-state index in [0.29, 0.717) is 0 Å². The molecule has 1 aromatic heterocycles. The first-order valence-corrected chi connectivity index (χ1v) is 16.8. The molecular formula is C48H30O. The molecule has 1 heterocycles. The summed E-state index contributed by atoms with van der Waals surface area (Å²) in [5, 5.41) is 9.84. The summed E-state index contributed by atoms with van der Waals surface area (Å²) < 4.78 is 6.13. The molecule has 9 aromatic carbocycles. The SMILES string of the molecule is c1cc(-c2ccc3oc4ccccc4c3c2)cc(-c2c3ccccc3c(-c3ccc(-c4cccc5ccccc45)cc3)c3ccccc23)c1. The van der Waals surface area contributed by atoms with Gasteiger partial charge in [0.25, 0.3) is 0 Å². The van der Waals surface area contributed by atoms with Gasteiger partial charge in [0.05, 0.1) is 0 Å². The summed E-state index contributed by atoms with van der Waals surface area (Å²) in [7, 11) is 0. The second kappa shape index (κ2) is 11.1. The molecule has 0 aliphatic rings. The van der Waals surface area contributed by atoms with Crippen LogP contribution in [0.5, 0.6) is 0 Å². The molecule has 0 N–H and O–H groups in total. The smallest absolute Gasteiger partial charge is 0.135 e. The van der Waals surface area contributed by atoms with E-state index in [-0.39, 0.29) is 0 Å². The first kappa shape index (κ1) is 27.7. The zero-order valence-corrected chi connectivity index (χ0v) is 26.7. The van der Waals surface area contributed by atoms with Gasteiger partial charge in [-0.3, -0.25) is 0 Å². The van der Waals surface area contributed by atoms with Gasteiger partial charge in [-0.15, -0.1) is 0 Å². The van der Waals surface area contributed by atoms with E-state index in [1.807, 2.05) is 12.1 Å². The highest BCUT2D eigenvalue weighted by Gasteiger charge is 2.17. The Hall–Kier alpha value is -6.44. The van der Waals surface area contributed by atoms with E-state index in [4.69, 9.17) is 4.42 Å². The Labute approximate surface area is 284 Å². The van der Waals surface area contributed by atoms with Crippen molar-refractivity contribution < 1.29 is 4.42 Å². The maximum atomic E-state index is 6.13. The Balaban J connectivity index is 1.14. The molecule has 228 valence electrons. The van der Waals surface area contributed by atoms with Crippen molar-refractivity contribution in [2.24, 2.45) is 0 Å². The lowest BCUT2D eigenvalue weighted by molar-refractivity contribution is 0.669. The molecule has 0 saturated heterocycles. The van der Waals surface area contributed by atoms with Gasteiger partial charge in [-0.25, -0.2) is 0 Å². The minimum atomic E-state index is 0.916. The van der Waals surface area contributed by atoms with Gasteiger partial charge in [-0.05, 0) is 101 Å². The Morgan fingerprint density at radius 3 is 1.49 bits per heavy atom. The molecule has 0 spiro atoms. The van der Waals surface area contributed by atoms with Crippen LogP contribution in [0.3, 0.4) is 0 Å². The quantitative estimate of drug-likeness (QED) is 0.178. The Morgan fingerprint density at radius 1 is 0.265 bits per heavy atom. The molecule has 0 unspecified atom stereocenters. The lowest BCUT2D eigenvalue weighted by atomic mass is 9.85. The van der Waals surface area contributed by atoms with Crippen LogP contribution < -0.4 is 0 Å². The third-order valence-electron chi connectivity index (χ3n) is 10.1. The molecule has 1 heteroatoms. The molecule has 49 heavy (non-hydrogen) atoms. The molecular weight excluding hydrogens is 593 g/mol. The van der Waals surface area contributed by atoms with Gasteiger partial charge in [0.15, 0.2) is 0 Å². The summed E-state index contributed by atoms with van der Waals surface area (Å²) in [5.74, 6) is 0. The summed E-state index contributed by atoms with van der Waals surface area (Å²) in [4.78, 5) is 0. The Morgan fingerprint density at radius 2 is 0.755 bits per heavy atom. The van der Waals surface area contributed by atoms with Crippen LogP contribution in [0.15, 0.2) is 186 Å². The predicted molar refractivity (Wildman–Crippen MR) is 208 cm³/mol. The Kier molecular flexibility index (Phi) is 6.25. The second-order valence-electron chi connectivity index (χ2n) is 12.8. The van der Waals surface area contributed by atoms with Crippen LogP contribution in [0, 0.1) is 0 Å². The third-order valence-corrected chi connectivity index (χ3v) is 10.1. The van der Waals surface area contributed by atoms with E-state index in [0.717, 1.165) is 21.9 Å². The summed E-state index contributed by atoms with van der Waals surface area (Å²) in [5.41, 5.74) is 11.6. The average Bonchev–Trinajstić information content (AvgIpc) is 3.55. The van der Waals surface area contributed by atoms with Crippen molar-refractivity contribution >= 4 is 54.3 Å². The van der Waals surface area contributed by atoms with Crippen molar-refractivity contribution in [2.45, 2.75) is 0 Å². The van der Waals surface area contributed by atoms with E-state index < -0.39 is 0 Å². The minimum absolute atomic E-state index is 0.916. The number of hydrogen-bond donors (Lipinski definition) is 0. The molecule has 0 bridgehead atoms. The van der Waals surface area contributed by atoms with Crippen molar-refractivity contribution in [3.05, 3.63) is 182 Å². The van der Waals surface area contributed by atoms with Gasteiger partial charge in [0, 0.05) is 10.8 Å². The fraction of sp³-hybridized carbons (Fsp3) is 0. The normalized spacial score (nSPS) is 11.7. The molecule has 0 aliphatic heterocycles. The maximum Gasteiger partial charge on any atom is 0.135 e. The highest BCUT2D eigenvalue weighted by molar-refractivity contribution is 6.21. The lowest BCUT2D eigenvalue weighted by Crippen LogP contribution is -1.91. The molecule has 0 amide bonds. The molecule has 0 fully saturated rings. The summed E-state index contributed by atoms with van der Waals surface area (Å²) in [6, 6.07) is 65.9. The zero-order chi connectivity index (χ0) is 32.3. The van der Waals surface area contributed by atoms with Crippen molar-refractivity contribution in [1.29, 1.82) is 0 Å². The molecule has 0 atom stereocenters. The topological polar surface area (TPSA) is 13.1 Å². The summed E-state index contributed by atoms with van der Waals surface area (Å²) in [6.45, 7) is 0. The highest BCUT2D eigenvalue weighted by atomic mass is 16.3. The first-order chi connectivity index (χ1) is 24.3. The van der Waals surface area contributed by atoms with Crippen LogP contribution >= 0.6 is 0 Å². The van der Waals surface area contributed by atoms with Crippen LogP contribution in [-0.4, -0.2) is 0 Å². The van der Waals surface area contributed by atoms with Gasteiger partial charge in [-0.2, -0.15) is 0 Å². The molecule has 0 saturated carbocycles.